The zero-order chi connectivity index (χ0) is 14.9. The summed E-state index contributed by atoms with van der Waals surface area (Å²) >= 11 is 0. The number of ether oxygens (including phenoxy) is 2. The van der Waals surface area contributed by atoms with Crippen molar-refractivity contribution in [2.24, 2.45) is 0 Å². The largest absolute Gasteiger partial charge is 1.00 e. The molecule has 0 N–H and O–H groups in total. The van der Waals surface area contributed by atoms with Crippen LogP contribution < -0.4 is 33.5 Å². The fraction of sp³-hybridized carbons (Fsp3) is 0.368. The van der Waals surface area contributed by atoms with Crippen molar-refractivity contribution in [1.82, 2.24) is 0 Å². The lowest BCUT2D eigenvalue weighted by molar-refractivity contribution is -0.923. The Hall–Kier alpha value is -1.27. The first-order valence-electron chi connectivity index (χ1n) is 8.01. The fourth-order valence-electron chi connectivity index (χ4n) is 4.38. The van der Waals surface area contributed by atoms with Gasteiger partial charge in [0.25, 0.3) is 0 Å². The Bertz CT molecular complexity index is 800. The van der Waals surface area contributed by atoms with Crippen LogP contribution in [0.2, 0.25) is 0 Å². The Morgan fingerprint density at radius 1 is 1.09 bits per heavy atom. The monoisotopic (exact) mass is 421 g/mol. The molecule has 2 aliphatic heterocycles. The number of benzene rings is 2. The number of fused-ring (bicyclic) bond motifs is 4. The van der Waals surface area contributed by atoms with Gasteiger partial charge in [-0.15, -0.1) is 0 Å². The summed E-state index contributed by atoms with van der Waals surface area (Å²) in [5.41, 5.74) is 7.01. The summed E-state index contributed by atoms with van der Waals surface area (Å²) < 4.78 is 12.6. The number of hydrogen-bond acceptors (Lipinski definition) is 2. The van der Waals surface area contributed by atoms with Crippen LogP contribution >= 0.6 is 0 Å². The molecule has 2 heterocycles. The molecule has 2 aromatic rings. The van der Waals surface area contributed by atoms with Crippen molar-refractivity contribution in [1.29, 1.82) is 0 Å². The third-order valence-corrected chi connectivity index (χ3v) is 5.62. The maximum atomic E-state index is 5.86. The molecule has 23 heavy (non-hydrogen) atoms. The number of hydrogen-bond donors (Lipinski definition) is 0. The second-order valence-corrected chi connectivity index (χ2v) is 7.19. The quantitative estimate of drug-likeness (QED) is 0.451. The lowest BCUT2D eigenvalue weighted by Gasteiger charge is -2.45. The van der Waals surface area contributed by atoms with Crippen molar-refractivity contribution >= 4 is 0 Å². The van der Waals surface area contributed by atoms with Gasteiger partial charge >= 0.3 is 0 Å². The molecule has 0 fully saturated rings. The summed E-state index contributed by atoms with van der Waals surface area (Å²) in [5, 5.41) is 0. The zero-order valence-electron chi connectivity index (χ0n) is 13.4. The Labute approximate surface area is 153 Å². The zero-order valence-corrected chi connectivity index (χ0v) is 15.6. The van der Waals surface area contributed by atoms with Crippen molar-refractivity contribution in [3.05, 3.63) is 47.0 Å². The molecule has 120 valence electrons. The highest BCUT2D eigenvalue weighted by atomic mass is 127. The lowest BCUT2D eigenvalue weighted by atomic mass is 9.76. The molecule has 3 nitrogen and oxygen atoms in total. The van der Waals surface area contributed by atoms with Crippen LogP contribution in [0.1, 0.15) is 22.7 Å². The summed E-state index contributed by atoms with van der Waals surface area (Å²) in [5.74, 6) is 1.88. The SMILES string of the molecule is C[N+]1(C)CCc2cc3c(c4c2[C@@H]1Cc1ccccc1-4)OCO3.[I-]. The molecule has 0 unspecified atom stereocenters. The van der Waals surface area contributed by atoms with Crippen molar-refractivity contribution in [3.63, 3.8) is 0 Å². The van der Waals surface area contributed by atoms with Crippen LogP contribution in [-0.4, -0.2) is 31.9 Å². The van der Waals surface area contributed by atoms with E-state index in [1.165, 1.54) is 34.4 Å². The molecular weight excluding hydrogens is 401 g/mol. The second-order valence-electron chi connectivity index (χ2n) is 7.19. The normalized spacial score (nSPS) is 21.9. The van der Waals surface area contributed by atoms with Gasteiger partial charge in [-0.2, -0.15) is 0 Å². The third kappa shape index (κ3) is 2.04. The first-order chi connectivity index (χ1) is 10.6. The summed E-state index contributed by atoms with van der Waals surface area (Å²) in [4.78, 5) is 0. The first kappa shape index (κ1) is 15.3. The van der Waals surface area contributed by atoms with Crippen LogP contribution in [0.25, 0.3) is 11.1 Å². The Balaban J connectivity index is 0.00000135. The molecule has 4 heteroatoms. The summed E-state index contributed by atoms with van der Waals surface area (Å²) in [6, 6.07) is 11.5. The molecule has 3 aliphatic rings. The van der Waals surface area contributed by atoms with Gasteiger partial charge in [-0.25, -0.2) is 0 Å². The lowest BCUT2D eigenvalue weighted by Crippen LogP contribution is -3.00. The summed E-state index contributed by atoms with van der Waals surface area (Å²) in [6.07, 6.45) is 2.23. The maximum absolute atomic E-state index is 5.86. The van der Waals surface area contributed by atoms with E-state index in [1.54, 1.807) is 0 Å². The molecule has 5 rings (SSSR count). The van der Waals surface area contributed by atoms with Crippen molar-refractivity contribution in [2.75, 3.05) is 27.4 Å². The van der Waals surface area contributed by atoms with Gasteiger partial charge in [0, 0.05) is 24.0 Å². The van der Waals surface area contributed by atoms with E-state index in [9.17, 15) is 0 Å². The van der Waals surface area contributed by atoms with E-state index in [4.69, 9.17) is 9.47 Å². The average molecular weight is 421 g/mol. The molecular formula is C19H20INO2. The number of quaternary nitrogens is 1. The van der Waals surface area contributed by atoms with Crippen molar-refractivity contribution in [2.45, 2.75) is 18.9 Å². The van der Waals surface area contributed by atoms with Crippen LogP contribution in [0.5, 0.6) is 11.5 Å². The highest BCUT2D eigenvalue weighted by Gasteiger charge is 2.43. The molecule has 1 aliphatic carbocycles. The van der Waals surface area contributed by atoms with E-state index in [0.717, 1.165) is 28.8 Å². The highest BCUT2D eigenvalue weighted by molar-refractivity contribution is 5.83. The maximum Gasteiger partial charge on any atom is 0.231 e. The molecule has 0 saturated carbocycles. The minimum Gasteiger partial charge on any atom is -1.00 e. The minimum atomic E-state index is 0. The van der Waals surface area contributed by atoms with Gasteiger partial charge in [-0.3, -0.25) is 0 Å². The summed E-state index contributed by atoms with van der Waals surface area (Å²) in [6.45, 7) is 1.52. The topological polar surface area (TPSA) is 18.5 Å². The van der Waals surface area contributed by atoms with E-state index < -0.39 is 0 Å². The predicted molar refractivity (Wildman–Crippen MR) is 85.1 cm³/mol. The Morgan fingerprint density at radius 3 is 2.78 bits per heavy atom. The second kappa shape index (κ2) is 5.11. The van der Waals surface area contributed by atoms with Gasteiger partial charge in [0.05, 0.1) is 20.6 Å². The van der Waals surface area contributed by atoms with E-state index >= 15 is 0 Å². The van der Waals surface area contributed by atoms with E-state index in [1.807, 2.05) is 0 Å². The average Bonchev–Trinajstić information content (AvgIpc) is 2.98. The van der Waals surface area contributed by atoms with Crippen molar-refractivity contribution in [3.8, 4) is 22.6 Å². The third-order valence-electron chi connectivity index (χ3n) is 5.62. The predicted octanol–water partition coefficient (Wildman–Crippen LogP) is 0.316. The smallest absolute Gasteiger partial charge is 0.231 e. The standard InChI is InChI=1S/C19H20NO2.HI/c1-20(2)8-7-13-10-16-19(22-11-21-16)18-14-6-4-3-5-12(14)9-15(20)17(13)18;/h3-6,10,15H,7-9,11H2,1-2H3;1H/q+1;/p-1/t15-;/m0./s1. The number of nitrogens with zero attached hydrogens (tertiary/aromatic N) is 1. The number of rotatable bonds is 0. The molecule has 0 radical (unpaired) electrons. The molecule has 0 amide bonds. The van der Waals surface area contributed by atoms with Gasteiger partial charge in [0.1, 0.15) is 6.04 Å². The highest BCUT2D eigenvalue weighted by Crippen LogP contribution is 2.54. The van der Waals surface area contributed by atoms with E-state index in [2.05, 4.69) is 44.4 Å². The van der Waals surface area contributed by atoms with Gasteiger partial charge in [0.15, 0.2) is 11.5 Å². The van der Waals surface area contributed by atoms with Crippen LogP contribution in [0.4, 0.5) is 0 Å². The van der Waals surface area contributed by atoms with Gasteiger partial charge in [-0.05, 0) is 22.8 Å². The Kier molecular flexibility index (Phi) is 3.39. The van der Waals surface area contributed by atoms with Crippen LogP contribution in [-0.2, 0) is 12.8 Å². The van der Waals surface area contributed by atoms with Crippen LogP contribution in [0, 0.1) is 0 Å². The van der Waals surface area contributed by atoms with Crippen molar-refractivity contribution < 1.29 is 37.9 Å². The minimum absolute atomic E-state index is 0. The fourth-order valence-corrected chi connectivity index (χ4v) is 4.38. The van der Waals surface area contributed by atoms with E-state index in [0.29, 0.717) is 12.8 Å². The summed E-state index contributed by atoms with van der Waals surface area (Å²) in [7, 11) is 4.71. The molecule has 1 atom stereocenters. The molecule has 0 bridgehead atoms. The first-order valence-corrected chi connectivity index (χ1v) is 8.01. The number of halogens is 1. The molecule has 0 spiro atoms. The Morgan fingerprint density at radius 2 is 1.91 bits per heavy atom. The molecule has 0 saturated heterocycles. The molecule has 0 aromatic heterocycles. The van der Waals surface area contributed by atoms with Gasteiger partial charge in [0.2, 0.25) is 6.79 Å². The van der Waals surface area contributed by atoms with E-state index in [-0.39, 0.29) is 24.0 Å². The molecule has 2 aromatic carbocycles. The van der Waals surface area contributed by atoms with Gasteiger partial charge < -0.3 is 37.9 Å². The number of likely N-dealkylation sites (N-methyl/N-ethyl adjacent to an activating group) is 1. The van der Waals surface area contributed by atoms with Crippen LogP contribution in [0.15, 0.2) is 30.3 Å². The van der Waals surface area contributed by atoms with Gasteiger partial charge in [-0.1, -0.05) is 24.3 Å². The van der Waals surface area contributed by atoms with Crippen LogP contribution in [0.3, 0.4) is 0 Å².